The molecule has 0 bridgehead atoms. The number of oxime groups is 1. The van der Waals surface area contributed by atoms with Crippen LogP contribution < -0.4 is 10.1 Å². The summed E-state index contributed by atoms with van der Waals surface area (Å²) in [5.74, 6) is -2.88. The van der Waals surface area contributed by atoms with E-state index in [1.54, 1.807) is 57.3 Å². The second-order valence-electron chi connectivity index (χ2n) is 12.0. The predicted molar refractivity (Wildman–Crippen MR) is 175 cm³/mol. The third kappa shape index (κ3) is 7.74. The topological polar surface area (TPSA) is 163 Å². The van der Waals surface area contributed by atoms with Crippen molar-refractivity contribution in [1.29, 1.82) is 0 Å². The Bertz CT molecular complexity index is 1690. The zero-order valence-electron chi connectivity index (χ0n) is 26.9. The van der Waals surface area contributed by atoms with Crippen molar-refractivity contribution in [3.63, 3.8) is 0 Å². The van der Waals surface area contributed by atoms with Crippen molar-refractivity contribution in [1.82, 2.24) is 15.2 Å². The van der Waals surface area contributed by atoms with E-state index in [1.807, 2.05) is 0 Å². The number of esters is 2. The third-order valence-corrected chi connectivity index (χ3v) is 9.54. The van der Waals surface area contributed by atoms with Gasteiger partial charge in [-0.25, -0.2) is 14.6 Å². The van der Waals surface area contributed by atoms with Crippen molar-refractivity contribution in [3.05, 3.63) is 68.7 Å². The van der Waals surface area contributed by atoms with E-state index in [2.05, 4.69) is 22.0 Å². The molecule has 2 aliphatic heterocycles. The molecule has 3 heterocycles. The minimum absolute atomic E-state index is 0.0239. The molecule has 0 radical (unpaired) electrons. The van der Waals surface area contributed by atoms with Gasteiger partial charge in [0.15, 0.2) is 5.71 Å². The summed E-state index contributed by atoms with van der Waals surface area (Å²) in [6, 6.07) is 5.48. The summed E-state index contributed by atoms with van der Waals surface area (Å²) in [6.07, 6.45) is 0. The van der Waals surface area contributed by atoms with Crippen molar-refractivity contribution in [2.45, 2.75) is 70.8 Å². The SMILES string of the molecule is C=C1C(CCl)=C(C(=O)OCc2ccc(OC)cc2)N2C(=O)[C@@H](NC(=O)/C(=N\OC(C)(C)C(=O)OC(C)(C)C)c3csc(C)n3)[C@H]2[S@@]1=O. The van der Waals surface area contributed by atoms with Gasteiger partial charge in [0.2, 0.25) is 5.60 Å². The molecule has 1 aromatic carbocycles. The van der Waals surface area contributed by atoms with Gasteiger partial charge in [-0.15, -0.1) is 22.9 Å². The Balaban J connectivity index is 1.57. The number of nitrogens with zero attached hydrogens (tertiary/aromatic N) is 3. The van der Waals surface area contributed by atoms with E-state index in [4.69, 9.17) is 30.6 Å². The maximum atomic E-state index is 13.6. The van der Waals surface area contributed by atoms with Gasteiger partial charge < -0.3 is 24.4 Å². The standard InChI is InChI=1S/C31H35ClN4O9S2/c1-16-20(13-32)24(28(39)43-14-18-9-11-19(42-8)12-10-18)36-26(38)23(27(36)47(16)41)34-25(37)22(21-15-46-17(2)33-21)35-45-31(6,7)29(40)44-30(3,4)5/h9-12,15,23,27H,1,13-14H2,2-8H3,(H,34,37)/b35-22-/t23-,27-,47-/m1/s1. The zero-order chi connectivity index (χ0) is 34.8. The highest BCUT2D eigenvalue weighted by atomic mass is 35.5. The summed E-state index contributed by atoms with van der Waals surface area (Å²) in [6.45, 7) is 13.4. The van der Waals surface area contributed by atoms with Gasteiger partial charge in [-0.3, -0.25) is 18.7 Å². The smallest absolute Gasteiger partial charge is 0.355 e. The Labute approximate surface area is 283 Å². The number of allylic oxidation sites excluding steroid dienone is 1. The molecule has 13 nitrogen and oxygen atoms in total. The molecule has 0 saturated carbocycles. The average molecular weight is 707 g/mol. The van der Waals surface area contributed by atoms with E-state index >= 15 is 0 Å². The number of ether oxygens (including phenoxy) is 3. The van der Waals surface area contributed by atoms with Crippen LogP contribution in [-0.2, 0) is 50.9 Å². The second kappa shape index (κ2) is 14.0. The molecule has 3 atom stereocenters. The van der Waals surface area contributed by atoms with Gasteiger partial charge in [-0.1, -0.05) is 23.9 Å². The van der Waals surface area contributed by atoms with Gasteiger partial charge in [0.1, 0.15) is 40.8 Å². The van der Waals surface area contributed by atoms with Crippen LogP contribution in [0.25, 0.3) is 0 Å². The molecular formula is C31H35ClN4O9S2. The quantitative estimate of drug-likeness (QED) is 0.120. The Morgan fingerprint density at radius 2 is 1.83 bits per heavy atom. The number of amides is 2. The van der Waals surface area contributed by atoms with E-state index in [0.29, 0.717) is 16.3 Å². The number of hydrogen-bond donors (Lipinski definition) is 1. The summed E-state index contributed by atoms with van der Waals surface area (Å²) in [5, 5.41) is 7.48. The zero-order valence-corrected chi connectivity index (χ0v) is 29.3. The first kappa shape index (κ1) is 35.8. The average Bonchev–Trinajstić information content (AvgIpc) is 3.44. The van der Waals surface area contributed by atoms with Gasteiger partial charge in [0.25, 0.3) is 11.8 Å². The molecule has 1 aromatic heterocycles. The first-order valence-electron chi connectivity index (χ1n) is 14.2. The number of fused-ring (bicyclic) bond motifs is 1. The number of carbonyl (C=O) groups is 4. The number of halogens is 1. The van der Waals surface area contributed by atoms with Crippen LogP contribution in [0.1, 0.15) is 50.9 Å². The summed E-state index contributed by atoms with van der Waals surface area (Å²) in [4.78, 5) is 64.0. The molecule has 0 aliphatic carbocycles. The van der Waals surface area contributed by atoms with E-state index in [-0.39, 0.29) is 40.1 Å². The molecule has 252 valence electrons. The van der Waals surface area contributed by atoms with Crippen LogP contribution in [0.3, 0.4) is 0 Å². The molecule has 0 spiro atoms. The Kier molecular flexibility index (Phi) is 10.6. The van der Waals surface area contributed by atoms with Crippen LogP contribution >= 0.6 is 22.9 Å². The number of alkyl halides is 1. The van der Waals surface area contributed by atoms with Crippen LogP contribution in [0.4, 0.5) is 0 Å². The number of nitrogens with one attached hydrogen (secondary N) is 1. The first-order valence-corrected chi connectivity index (χ1v) is 16.9. The largest absolute Gasteiger partial charge is 0.497 e. The number of carbonyl (C=O) groups excluding carboxylic acids is 4. The number of aryl methyl sites for hydroxylation is 1. The number of methoxy groups -OCH3 is 1. The Hall–Kier alpha value is -4.08. The number of thiazole rings is 1. The first-order chi connectivity index (χ1) is 22.0. The molecule has 0 unspecified atom stereocenters. The minimum Gasteiger partial charge on any atom is -0.497 e. The lowest BCUT2D eigenvalue weighted by Gasteiger charge is -2.49. The van der Waals surface area contributed by atoms with Gasteiger partial charge in [0, 0.05) is 15.9 Å². The fraction of sp³-hybridized carbons (Fsp3) is 0.419. The number of β-lactam (4-membered cyclic amide) rings is 1. The van der Waals surface area contributed by atoms with Crippen molar-refractivity contribution < 1.29 is 42.4 Å². The van der Waals surface area contributed by atoms with E-state index < -0.39 is 57.2 Å². The highest BCUT2D eigenvalue weighted by molar-refractivity contribution is 7.90. The summed E-state index contributed by atoms with van der Waals surface area (Å²) < 4.78 is 29.5. The molecule has 2 amide bonds. The molecule has 16 heteroatoms. The molecule has 2 aliphatic rings. The van der Waals surface area contributed by atoms with Gasteiger partial charge in [0.05, 0.1) is 28.8 Å². The van der Waals surface area contributed by atoms with Crippen LogP contribution in [0.15, 0.2) is 57.6 Å². The highest BCUT2D eigenvalue weighted by Crippen LogP contribution is 2.40. The van der Waals surface area contributed by atoms with Gasteiger partial charge in [-0.05, 0) is 59.2 Å². The number of hydrogen-bond acceptors (Lipinski definition) is 12. The number of benzene rings is 1. The lowest BCUT2D eigenvalue weighted by atomic mass is 10.0. The van der Waals surface area contributed by atoms with E-state index in [1.165, 1.54) is 32.3 Å². The molecule has 1 N–H and O–H groups in total. The van der Waals surface area contributed by atoms with Crippen LogP contribution in [0.2, 0.25) is 0 Å². The minimum atomic E-state index is -1.95. The fourth-order valence-corrected chi connectivity index (χ4v) is 6.88. The maximum absolute atomic E-state index is 13.6. The number of aromatic nitrogens is 1. The van der Waals surface area contributed by atoms with Crippen LogP contribution in [0.5, 0.6) is 5.75 Å². The lowest BCUT2D eigenvalue weighted by molar-refractivity contribution is -0.179. The molecular weight excluding hydrogens is 672 g/mol. The van der Waals surface area contributed by atoms with E-state index in [0.717, 1.165) is 4.90 Å². The Morgan fingerprint density at radius 3 is 2.38 bits per heavy atom. The second-order valence-corrected chi connectivity index (χ2v) is 14.9. The number of rotatable bonds is 11. The maximum Gasteiger partial charge on any atom is 0.355 e. The van der Waals surface area contributed by atoms with Crippen molar-refractivity contribution in [2.75, 3.05) is 13.0 Å². The molecule has 4 rings (SSSR count). The Morgan fingerprint density at radius 1 is 1.17 bits per heavy atom. The molecule has 1 saturated heterocycles. The normalized spacial score (nSPS) is 19.9. The van der Waals surface area contributed by atoms with Crippen molar-refractivity contribution in [3.8, 4) is 5.75 Å². The molecule has 1 fully saturated rings. The highest BCUT2D eigenvalue weighted by Gasteiger charge is 2.58. The lowest BCUT2D eigenvalue weighted by Crippen LogP contribution is -2.73. The monoisotopic (exact) mass is 706 g/mol. The fourth-order valence-electron chi connectivity index (χ4n) is 4.38. The predicted octanol–water partition coefficient (Wildman–Crippen LogP) is 3.47. The van der Waals surface area contributed by atoms with Crippen molar-refractivity contribution >= 4 is 63.2 Å². The van der Waals surface area contributed by atoms with Crippen molar-refractivity contribution in [2.24, 2.45) is 5.16 Å². The molecule has 47 heavy (non-hydrogen) atoms. The summed E-state index contributed by atoms with van der Waals surface area (Å²) >= 11 is 7.36. The van der Waals surface area contributed by atoms with Crippen LogP contribution in [0, 0.1) is 6.92 Å². The van der Waals surface area contributed by atoms with Crippen LogP contribution in [-0.4, -0.2) is 79.2 Å². The molecule has 2 aromatic rings. The summed E-state index contributed by atoms with van der Waals surface area (Å²) in [5.41, 5.74) is -2.07. The van der Waals surface area contributed by atoms with Gasteiger partial charge in [-0.2, -0.15) is 0 Å². The van der Waals surface area contributed by atoms with Gasteiger partial charge >= 0.3 is 11.9 Å². The van der Waals surface area contributed by atoms with E-state index in [9.17, 15) is 23.4 Å². The summed E-state index contributed by atoms with van der Waals surface area (Å²) in [7, 11) is -0.425. The third-order valence-electron chi connectivity index (χ3n) is 6.84.